The Morgan fingerprint density at radius 2 is 1.57 bits per heavy atom. The molecule has 0 aromatic heterocycles. The monoisotopic (exact) mass is 206 g/mol. The second-order valence-corrected chi connectivity index (χ2v) is 10.3. The maximum absolute atomic E-state index is 2.39. The lowest BCUT2D eigenvalue weighted by Crippen LogP contribution is -2.37. The maximum atomic E-state index is 2.39. The fourth-order valence-electron chi connectivity index (χ4n) is 1.55. The minimum atomic E-state index is -1.10. The molecule has 0 bridgehead atoms. The zero-order valence-corrected chi connectivity index (χ0v) is 11.1. The fraction of sp³-hybridized carbons (Fsp3) is 0.538. The highest BCUT2D eigenvalue weighted by Crippen LogP contribution is 2.17. The summed E-state index contributed by atoms with van der Waals surface area (Å²) in [6.45, 7) is 11.7. The van der Waals surface area contributed by atoms with Crippen molar-refractivity contribution in [2.45, 2.75) is 45.8 Å². The Bertz CT molecular complexity index is 279. The molecule has 1 atom stereocenters. The lowest BCUT2D eigenvalue weighted by Gasteiger charge is -2.18. The van der Waals surface area contributed by atoms with E-state index in [0.717, 1.165) is 0 Å². The van der Waals surface area contributed by atoms with Crippen LogP contribution in [-0.2, 0) is 0 Å². The first-order chi connectivity index (χ1) is 6.45. The number of hydrogen-bond donors (Lipinski definition) is 0. The van der Waals surface area contributed by atoms with Gasteiger partial charge in [0.2, 0.25) is 0 Å². The van der Waals surface area contributed by atoms with Crippen LogP contribution in [0.5, 0.6) is 0 Å². The van der Waals surface area contributed by atoms with Crippen molar-refractivity contribution < 1.29 is 0 Å². The third-order valence-electron chi connectivity index (χ3n) is 2.96. The van der Waals surface area contributed by atoms with E-state index < -0.39 is 8.07 Å². The average Bonchev–Trinajstić information content (AvgIpc) is 2.15. The number of hydrogen-bond acceptors (Lipinski definition) is 0. The van der Waals surface area contributed by atoms with Crippen molar-refractivity contribution in [3.8, 4) is 0 Å². The predicted molar refractivity (Wildman–Crippen MR) is 68.1 cm³/mol. The minimum Gasteiger partial charge on any atom is -0.0656 e. The first-order valence-electron chi connectivity index (χ1n) is 5.55. The Kier molecular flexibility index (Phi) is 3.54. The van der Waals surface area contributed by atoms with Gasteiger partial charge in [-0.15, -0.1) is 0 Å². The van der Waals surface area contributed by atoms with Crippen molar-refractivity contribution in [1.29, 1.82) is 0 Å². The summed E-state index contributed by atoms with van der Waals surface area (Å²) in [6, 6.07) is 9.27. The maximum Gasteiger partial charge on any atom is 0.0775 e. The molecule has 0 fully saturated rings. The fourth-order valence-corrected chi connectivity index (χ4v) is 2.71. The Morgan fingerprint density at radius 3 is 1.93 bits per heavy atom. The molecule has 0 saturated heterocycles. The van der Waals surface area contributed by atoms with Gasteiger partial charge in [0, 0.05) is 0 Å². The van der Waals surface area contributed by atoms with Crippen molar-refractivity contribution in [3.05, 3.63) is 29.8 Å². The largest absolute Gasteiger partial charge is 0.0775 e. The highest BCUT2D eigenvalue weighted by molar-refractivity contribution is 6.88. The summed E-state index contributed by atoms with van der Waals surface area (Å²) in [5.74, 6) is 0.700. The molecule has 1 heteroatoms. The Morgan fingerprint density at radius 1 is 1.07 bits per heavy atom. The molecule has 1 unspecified atom stereocenters. The highest BCUT2D eigenvalue weighted by Gasteiger charge is 2.15. The second-order valence-electron chi connectivity index (χ2n) is 5.18. The van der Waals surface area contributed by atoms with Crippen LogP contribution in [0.4, 0.5) is 0 Å². The Labute approximate surface area is 89.4 Å². The van der Waals surface area contributed by atoms with Crippen LogP contribution < -0.4 is 5.19 Å². The Hall–Kier alpha value is -0.563. The lowest BCUT2D eigenvalue weighted by atomic mass is 9.99. The predicted octanol–water partition coefficient (Wildman–Crippen LogP) is 3.75. The molecule has 78 valence electrons. The molecule has 0 aliphatic carbocycles. The van der Waals surface area contributed by atoms with Crippen LogP contribution >= 0.6 is 0 Å². The number of rotatable bonds is 3. The van der Waals surface area contributed by atoms with E-state index in [2.05, 4.69) is 57.8 Å². The number of benzene rings is 1. The van der Waals surface area contributed by atoms with E-state index in [0.29, 0.717) is 5.92 Å². The molecule has 1 aromatic carbocycles. The second kappa shape index (κ2) is 4.31. The molecule has 0 amide bonds. The quantitative estimate of drug-likeness (QED) is 0.661. The van der Waals surface area contributed by atoms with Crippen molar-refractivity contribution >= 4 is 13.3 Å². The standard InChI is InChI=1S/C13H22Si/c1-6-11(2)12-7-9-13(10-8-12)14(3,4)5/h7-11H,6H2,1-5H3. The highest BCUT2D eigenvalue weighted by atomic mass is 28.3. The Balaban J connectivity index is 2.89. The molecule has 0 heterocycles. The molecule has 1 rings (SSSR count). The van der Waals surface area contributed by atoms with Crippen molar-refractivity contribution in [3.63, 3.8) is 0 Å². The molecule has 14 heavy (non-hydrogen) atoms. The summed E-state index contributed by atoms with van der Waals surface area (Å²) < 4.78 is 0. The van der Waals surface area contributed by atoms with Gasteiger partial charge in [0.1, 0.15) is 0 Å². The zero-order chi connectivity index (χ0) is 10.8. The SMILES string of the molecule is CCC(C)c1ccc([Si](C)(C)C)cc1. The molecule has 0 saturated carbocycles. The van der Waals surface area contributed by atoms with Crippen molar-refractivity contribution in [1.82, 2.24) is 0 Å². The van der Waals surface area contributed by atoms with Crippen LogP contribution in [0.3, 0.4) is 0 Å². The molecule has 0 radical (unpaired) electrons. The van der Waals surface area contributed by atoms with Crippen LogP contribution in [0.15, 0.2) is 24.3 Å². The summed E-state index contributed by atoms with van der Waals surface area (Å²) >= 11 is 0. The van der Waals surface area contributed by atoms with Gasteiger partial charge in [0.05, 0.1) is 8.07 Å². The van der Waals surface area contributed by atoms with Gasteiger partial charge in [0.15, 0.2) is 0 Å². The van der Waals surface area contributed by atoms with Crippen LogP contribution in [0.2, 0.25) is 19.6 Å². The van der Waals surface area contributed by atoms with Gasteiger partial charge in [-0.05, 0) is 17.9 Å². The summed E-state index contributed by atoms with van der Waals surface area (Å²) in [7, 11) is -1.10. The van der Waals surface area contributed by atoms with Crippen LogP contribution in [0.25, 0.3) is 0 Å². The summed E-state index contributed by atoms with van der Waals surface area (Å²) in [4.78, 5) is 0. The average molecular weight is 206 g/mol. The van der Waals surface area contributed by atoms with Gasteiger partial charge in [-0.25, -0.2) is 0 Å². The van der Waals surface area contributed by atoms with Crippen LogP contribution in [0, 0.1) is 0 Å². The first kappa shape index (κ1) is 11.5. The molecule has 1 aromatic rings. The third kappa shape index (κ3) is 2.71. The lowest BCUT2D eigenvalue weighted by molar-refractivity contribution is 0.734. The van der Waals surface area contributed by atoms with Crippen LogP contribution in [0.1, 0.15) is 31.7 Å². The van der Waals surface area contributed by atoms with Crippen molar-refractivity contribution in [2.24, 2.45) is 0 Å². The molecular weight excluding hydrogens is 184 g/mol. The van der Waals surface area contributed by atoms with Gasteiger partial charge < -0.3 is 0 Å². The zero-order valence-electron chi connectivity index (χ0n) is 10.1. The van der Waals surface area contributed by atoms with E-state index in [1.54, 1.807) is 5.19 Å². The first-order valence-corrected chi connectivity index (χ1v) is 9.05. The third-order valence-corrected chi connectivity index (χ3v) is 5.02. The van der Waals surface area contributed by atoms with Crippen molar-refractivity contribution in [2.75, 3.05) is 0 Å². The smallest absolute Gasteiger partial charge is 0.0656 e. The van der Waals surface area contributed by atoms with E-state index in [-0.39, 0.29) is 0 Å². The van der Waals surface area contributed by atoms with E-state index in [9.17, 15) is 0 Å². The topological polar surface area (TPSA) is 0 Å². The van der Waals surface area contributed by atoms with Gasteiger partial charge >= 0.3 is 0 Å². The van der Waals surface area contributed by atoms with E-state index in [1.165, 1.54) is 12.0 Å². The normalized spacial score (nSPS) is 14.1. The van der Waals surface area contributed by atoms with E-state index >= 15 is 0 Å². The molecular formula is C13H22Si. The van der Waals surface area contributed by atoms with E-state index in [1.807, 2.05) is 0 Å². The molecule has 0 spiro atoms. The minimum absolute atomic E-state index is 0.700. The molecule has 0 nitrogen and oxygen atoms in total. The molecule has 0 aliphatic rings. The van der Waals surface area contributed by atoms with Gasteiger partial charge in [0.25, 0.3) is 0 Å². The van der Waals surface area contributed by atoms with Crippen LogP contribution in [-0.4, -0.2) is 8.07 Å². The van der Waals surface area contributed by atoms with Gasteiger partial charge in [-0.2, -0.15) is 0 Å². The van der Waals surface area contributed by atoms with Gasteiger partial charge in [-0.1, -0.05) is 62.9 Å². The summed E-state index contributed by atoms with van der Waals surface area (Å²) in [6.07, 6.45) is 1.23. The van der Waals surface area contributed by atoms with E-state index in [4.69, 9.17) is 0 Å². The molecule has 0 aliphatic heterocycles. The molecule has 0 N–H and O–H groups in total. The summed E-state index contributed by atoms with van der Waals surface area (Å²) in [5, 5.41) is 1.56. The van der Waals surface area contributed by atoms with Gasteiger partial charge in [-0.3, -0.25) is 0 Å². The summed E-state index contributed by atoms with van der Waals surface area (Å²) in [5.41, 5.74) is 1.48.